The zero-order valence-electron chi connectivity index (χ0n) is 18.8. The first-order valence-corrected chi connectivity index (χ1v) is 11.2. The minimum atomic E-state index is -1.18. The number of carboxylic acid groups (broad SMARTS) is 1. The molecule has 0 saturated carbocycles. The number of halogens is 1. The van der Waals surface area contributed by atoms with Crippen LogP contribution in [0, 0.1) is 0 Å². The number of rotatable bonds is 8. The van der Waals surface area contributed by atoms with Crippen molar-refractivity contribution in [3.8, 4) is 11.1 Å². The van der Waals surface area contributed by atoms with Crippen molar-refractivity contribution in [2.75, 3.05) is 25.6 Å². The van der Waals surface area contributed by atoms with Gasteiger partial charge in [-0.3, -0.25) is 4.79 Å². The summed E-state index contributed by atoms with van der Waals surface area (Å²) in [6, 6.07) is 20.0. The average Bonchev–Trinajstić information content (AvgIpc) is 3.16. The van der Waals surface area contributed by atoms with Gasteiger partial charge in [-0.2, -0.15) is 0 Å². The van der Waals surface area contributed by atoms with Gasteiger partial charge in [0.25, 0.3) is 5.91 Å². The molecule has 3 aromatic rings. The highest BCUT2D eigenvalue weighted by molar-refractivity contribution is 6.31. The maximum absolute atomic E-state index is 12.6. The lowest BCUT2D eigenvalue weighted by Gasteiger charge is -2.18. The summed E-state index contributed by atoms with van der Waals surface area (Å²) in [5.41, 5.74) is 4.57. The summed E-state index contributed by atoms with van der Waals surface area (Å²) >= 11 is 5.93. The molecule has 0 bridgehead atoms. The molecule has 0 fully saturated rings. The molecule has 1 atom stereocenters. The van der Waals surface area contributed by atoms with E-state index in [0.717, 1.165) is 22.3 Å². The zero-order valence-corrected chi connectivity index (χ0v) is 19.5. The molecule has 0 radical (unpaired) electrons. The van der Waals surface area contributed by atoms with Crippen LogP contribution in [0.15, 0.2) is 66.7 Å². The van der Waals surface area contributed by atoms with Gasteiger partial charge in [-0.05, 0) is 40.5 Å². The van der Waals surface area contributed by atoms with Gasteiger partial charge >= 0.3 is 12.1 Å². The summed E-state index contributed by atoms with van der Waals surface area (Å²) in [6.45, 7) is -0.00442. The van der Waals surface area contributed by atoms with Crippen LogP contribution in [0.1, 0.15) is 27.4 Å². The van der Waals surface area contributed by atoms with Gasteiger partial charge in [0, 0.05) is 23.7 Å². The van der Waals surface area contributed by atoms with Crippen LogP contribution in [0.4, 0.5) is 10.5 Å². The van der Waals surface area contributed by atoms with E-state index in [-0.39, 0.29) is 35.3 Å². The molecule has 3 aromatic carbocycles. The van der Waals surface area contributed by atoms with Crippen molar-refractivity contribution in [1.82, 2.24) is 5.32 Å². The summed E-state index contributed by atoms with van der Waals surface area (Å²) in [6.07, 6.45) is -1.72. The Hall–Kier alpha value is -3.88. The van der Waals surface area contributed by atoms with E-state index in [1.54, 1.807) is 0 Å². The Morgan fingerprint density at radius 1 is 1.00 bits per heavy atom. The number of alkyl carbamates (subject to hydrolysis) is 1. The summed E-state index contributed by atoms with van der Waals surface area (Å²) in [5.74, 6) is -1.84. The Balaban J connectivity index is 1.33. The quantitative estimate of drug-likeness (QED) is 0.424. The molecule has 2 amide bonds. The van der Waals surface area contributed by atoms with Gasteiger partial charge in [0.15, 0.2) is 6.10 Å². The third kappa shape index (κ3) is 5.45. The van der Waals surface area contributed by atoms with E-state index in [0.29, 0.717) is 0 Å². The molecule has 0 heterocycles. The summed E-state index contributed by atoms with van der Waals surface area (Å²) < 4.78 is 10.7. The van der Waals surface area contributed by atoms with Crippen molar-refractivity contribution in [1.29, 1.82) is 0 Å². The molecule has 1 unspecified atom stereocenters. The molecule has 180 valence electrons. The molecule has 35 heavy (non-hydrogen) atoms. The predicted octanol–water partition coefficient (Wildman–Crippen LogP) is 4.53. The maximum Gasteiger partial charge on any atom is 0.407 e. The molecule has 4 rings (SSSR count). The van der Waals surface area contributed by atoms with Crippen molar-refractivity contribution in [2.24, 2.45) is 0 Å². The molecule has 3 N–H and O–H groups in total. The third-order valence-corrected chi connectivity index (χ3v) is 5.98. The number of methoxy groups -OCH3 is 1. The second kappa shape index (κ2) is 10.6. The van der Waals surface area contributed by atoms with Crippen LogP contribution in [0.2, 0.25) is 5.02 Å². The Kier molecular flexibility index (Phi) is 7.33. The molecule has 1 aliphatic carbocycles. The Morgan fingerprint density at radius 2 is 1.63 bits per heavy atom. The molecule has 0 aliphatic heterocycles. The number of benzene rings is 3. The number of amides is 2. The van der Waals surface area contributed by atoms with Crippen molar-refractivity contribution >= 4 is 35.3 Å². The SMILES string of the molecule is COC(CNC(=O)OCC1c2ccccc2-c2ccccc21)C(=O)Nc1cc(Cl)cc(C(=O)O)c1. The lowest BCUT2D eigenvalue weighted by molar-refractivity contribution is -0.125. The van der Waals surface area contributed by atoms with E-state index >= 15 is 0 Å². The summed E-state index contributed by atoms with van der Waals surface area (Å²) in [7, 11) is 1.32. The molecule has 1 aliphatic rings. The first-order chi connectivity index (χ1) is 16.9. The fourth-order valence-electron chi connectivity index (χ4n) is 4.12. The van der Waals surface area contributed by atoms with Gasteiger partial charge in [-0.25, -0.2) is 9.59 Å². The number of fused-ring (bicyclic) bond motifs is 3. The molecule has 8 nitrogen and oxygen atoms in total. The number of anilines is 1. The third-order valence-electron chi connectivity index (χ3n) is 5.76. The second-order valence-corrected chi connectivity index (χ2v) is 8.39. The van der Waals surface area contributed by atoms with Crippen LogP contribution in [-0.4, -0.2) is 49.4 Å². The number of hydrogen-bond acceptors (Lipinski definition) is 5. The van der Waals surface area contributed by atoms with Crippen LogP contribution in [0.5, 0.6) is 0 Å². The van der Waals surface area contributed by atoms with Crippen LogP contribution in [0.3, 0.4) is 0 Å². The smallest absolute Gasteiger partial charge is 0.407 e. The standard InChI is InChI=1S/C26H23ClN2O6/c1-34-23(24(30)29-17-11-15(25(31)32)10-16(27)12-17)13-28-26(33)35-14-22-20-8-4-2-6-18(20)19-7-3-5-9-21(19)22/h2-12,22-23H,13-14H2,1H3,(H,28,33)(H,29,30)(H,31,32). The number of ether oxygens (including phenoxy) is 2. The highest BCUT2D eigenvalue weighted by Gasteiger charge is 2.29. The summed E-state index contributed by atoms with van der Waals surface area (Å²) in [4.78, 5) is 36.2. The van der Waals surface area contributed by atoms with Gasteiger partial charge in [-0.15, -0.1) is 0 Å². The molecule has 0 aromatic heterocycles. The van der Waals surface area contributed by atoms with Gasteiger partial charge in [-0.1, -0.05) is 60.1 Å². The Morgan fingerprint density at radius 3 is 2.23 bits per heavy atom. The second-order valence-electron chi connectivity index (χ2n) is 7.95. The molecular formula is C26H23ClN2O6. The number of aromatic carboxylic acids is 1. The monoisotopic (exact) mass is 494 g/mol. The van der Waals surface area contributed by atoms with Crippen LogP contribution >= 0.6 is 11.6 Å². The van der Waals surface area contributed by atoms with Crippen molar-refractivity contribution in [3.63, 3.8) is 0 Å². The van der Waals surface area contributed by atoms with E-state index in [4.69, 9.17) is 26.2 Å². The van der Waals surface area contributed by atoms with Gasteiger partial charge in [0.2, 0.25) is 0 Å². The molecular weight excluding hydrogens is 472 g/mol. The lowest BCUT2D eigenvalue weighted by Crippen LogP contribution is -2.41. The number of hydrogen-bond donors (Lipinski definition) is 3. The van der Waals surface area contributed by atoms with Crippen LogP contribution in [0.25, 0.3) is 11.1 Å². The Bertz CT molecular complexity index is 1230. The van der Waals surface area contributed by atoms with Gasteiger partial charge in [0.05, 0.1) is 12.1 Å². The van der Waals surface area contributed by atoms with Crippen molar-refractivity contribution in [3.05, 3.63) is 88.4 Å². The number of carboxylic acids is 1. The van der Waals surface area contributed by atoms with Gasteiger partial charge < -0.3 is 25.2 Å². The lowest BCUT2D eigenvalue weighted by atomic mass is 9.98. The fraction of sp³-hybridized carbons (Fsp3) is 0.192. The zero-order chi connectivity index (χ0) is 24.9. The predicted molar refractivity (Wildman–Crippen MR) is 131 cm³/mol. The topological polar surface area (TPSA) is 114 Å². The number of nitrogens with one attached hydrogen (secondary N) is 2. The molecule has 9 heteroatoms. The average molecular weight is 495 g/mol. The normalized spacial score (nSPS) is 12.9. The van der Waals surface area contributed by atoms with E-state index in [1.807, 2.05) is 36.4 Å². The van der Waals surface area contributed by atoms with E-state index in [1.165, 1.54) is 25.3 Å². The van der Waals surface area contributed by atoms with E-state index in [2.05, 4.69) is 22.8 Å². The van der Waals surface area contributed by atoms with E-state index in [9.17, 15) is 14.4 Å². The highest BCUT2D eigenvalue weighted by Crippen LogP contribution is 2.44. The Labute approximate surface area is 206 Å². The molecule has 0 spiro atoms. The van der Waals surface area contributed by atoms with Crippen molar-refractivity contribution < 1.29 is 29.0 Å². The maximum atomic E-state index is 12.6. The van der Waals surface area contributed by atoms with Gasteiger partial charge in [0.1, 0.15) is 6.61 Å². The first-order valence-electron chi connectivity index (χ1n) is 10.8. The van der Waals surface area contributed by atoms with Crippen LogP contribution in [-0.2, 0) is 14.3 Å². The van der Waals surface area contributed by atoms with Crippen molar-refractivity contribution in [2.45, 2.75) is 12.0 Å². The largest absolute Gasteiger partial charge is 0.478 e. The minimum Gasteiger partial charge on any atom is -0.478 e. The molecule has 0 saturated heterocycles. The summed E-state index contributed by atoms with van der Waals surface area (Å²) in [5, 5.41) is 14.4. The fourth-order valence-corrected chi connectivity index (χ4v) is 4.35. The highest BCUT2D eigenvalue weighted by atomic mass is 35.5. The number of carbonyl (C=O) groups is 3. The number of carbonyl (C=O) groups excluding carboxylic acids is 2. The minimum absolute atomic E-state index is 0.0708. The van der Waals surface area contributed by atoms with Crippen LogP contribution < -0.4 is 10.6 Å². The van der Waals surface area contributed by atoms with E-state index < -0.39 is 24.1 Å². The first kappa shape index (κ1) is 24.3.